The number of nitrogens with one attached hydrogen (secondary N) is 2. The molecule has 9 heteroatoms. The van der Waals surface area contributed by atoms with E-state index < -0.39 is 16.1 Å². The zero-order valence-corrected chi connectivity index (χ0v) is 21.9. The Hall–Kier alpha value is -3.53. The molecule has 0 unspecified atom stereocenters. The fourth-order valence-electron chi connectivity index (χ4n) is 4.21. The lowest BCUT2D eigenvalue weighted by Gasteiger charge is -2.31. The largest absolute Gasteiger partial charge is 0.395 e. The Morgan fingerprint density at radius 3 is 2.13 bits per heavy atom. The third-order valence-electron chi connectivity index (χ3n) is 6.36. The number of rotatable bonds is 13. The predicted octanol–water partition coefficient (Wildman–Crippen LogP) is 2.94. The molecule has 0 radical (unpaired) electrons. The van der Waals surface area contributed by atoms with Crippen molar-refractivity contribution in [2.24, 2.45) is 0 Å². The van der Waals surface area contributed by atoms with E-state index in [1.54, 1.807) is 29.2 Å². The minimum atomic E-state index is -3.54. The minimum absolute atomic E-state index is 0.0278. The maximum absolute atomic E-state index is 13.7. The van der Waals surface area contributed by atoms with E-state index in [9.17, 15) is 23.1 Å². The number of carbonyl (C=O) groups excluding carboxylic acids is 2. The molecule has 1 aliphatic rings. The first-order valence-electron chi connectivity index (χ1n) is 12.8. The van der Waals surface area contributed by atoms with Crippen molar-refractivity contribution in [1.82, 2.24) is 14.9 Å². The highest BCUT2D eigenvalue weighted by Gasteiger charge is 2.31. The van der Waals surface area contributed by atoms with Crippen molar-refractivity contribution in [2.45, 2.75) is 49.2 Å². The van der Waals surface area contributed by atoms with Gasteiger partial charge in [0.2, 0.25) is 21.8 Å². The van der Waals surface area contributed by atoms with E-state index in [0.717, 1.165) is 24.0 Å². The molecule has 0 bridgehead atoms. The van der Waals surface area contributed by atoms with Gasteiger partial charge >= 0.3 is 0 Å². The number of aryl methyl sites for hydroxylation is 1. The van der Waals surface area contributed by atoms with Gasteiger partial charge in [-0.25, -0.2) is 13.1 Å². The van der Waals surface area contributed by atoms with Crippen molar-refractivity contribution in [3.63, 3.8) is 0 Å². The van der Waals surface area contributed by atoms with Crippen LogP contribution in [0, 0.1) is 0 Å². The summed E-state index contributed by atoms with van der Waals surface area (Å²) in [6.45, 7) is 0.109. The van der Waals surface area contributed by atoms with Crippen molar-refractivity contribution in [2.75, 3.05) is 13.2 Å². The van der Waals surface area contributed by atoms with Gasteiger partial charge in [-0.15, -0.1) is 0 Å². The molecular weight excluding hydrogens is 502 g/mol. The smallest absolute Gasteiger partial charge is 0.247 e. The molecule has 0 saturated heterocycles. The van der Waals surface area contributed by atoms with Crippen LogP contribution >= 0.6 is 0 Å². The van der Waals surface area contributed by atoms with Crippen molar-refractivity contribution < 1.29 is 23.1 Å². The summed E-state index contributed by atoms with van der Waals surface area (Å²) in [6, 6.07) is 24.3. The summed E-state index contributed by atoms with van der Waals surface area (Å²) in [5.41, 5.74) is 2.38. The lowest BCUT2D eigenvalue weighted by atomic mass is 10.0. The average Bonchev–Trinajstić information content (AvgIpc) is 3.75. The number of hydrogen-bond acceptors (Lipinski definition) is 5. The van der Waals surface area contributed by atoms with Gasteiger partial charge in [-0.3, -0.25) is 9.59 Å². The summed E-state index contributed by atoms with van der Waals surface area (Å²) in [5.74, 6) is -0.582. The van der Waals surface area contributed by atoms with Gasteiger partial charge in [0.1, 0.15) is 6.04 Å². The lowest BCUT2D eigenvalue weighted by molar-refractivity contribution is -0.141. The molecule has 0 spiro atoms. The highest BCUT2D eigenvalue weighted by Crippen LogP contribution is 2.26. The normalized spacial score (nSPS) is 14.0. The van der Waals surface area contributed by atoms with Crippen LogP contribution in [0.1, 0.15) is 42.0 Å². The van der Waals surface area contributed by atoms with E-state index >= 15 is 0 Å². The summed E-state index contributed by atoms with van der Waals surface area (Å²) < 4.78 is 27.6. The second-order valence-electron chi connectivity index (χ2n) is 9.37. The first-order valence-corrected chi connectivity index (χ1v) is 14.2. The highest BCUT2D eigenvalue weighted by atomic mass is 32.2. The minimum Gasteiger partial charge on any atom is -0.395 e. The van der Waals surface area contributed by atoms with Crippen molar-refractivity contribution >= 4 is 21.8 Å². The van der Waals surface area contributed by atoms with Crippen LogP contribution in [-0.2, 0) is 32.6 Å². The number of hydrogen-bond donors (Lipinski definition) is 3. The zero-order valence-electron chi connectivity index (χ0n) is 21.1. The number of aliphatic hydroxyl groups is 1. The molecule has 1 aliphatic carbocycles. The molecule has 1 fully saturated rings. The quantitative estimate of drug-likeness (QED) is 0.311. The molecule has 0 aliphatic heterocycles. The number of benzene rings is 3. The van der Waals surface area contributed by atoms with Crippen LogP contribution in [0.25, 0.3) is 0 Å². The monoisotopic (exact) mass is 535 g/mol. The van der Waals surface area contributed by atoms with Gasteiger partial charge in [0.05, 0.1) is 11.5 Å². The van der Waals surface area contributed by atoms with E-state index in [0.29, 0.717) is 12.0 Å². The Morgan fingerprint density at radius 2 is 1.53 bits per heavy atom. The highest BCUT2D eigenvalue weighted by molar-refractivity contribution is 7.89. The first kappa shape index (κ1) is 27.5. The third kappa shape index (κ3) is 7.50. The second kappa shape index (κ2) is 12.8. The number of aliphatic hydroxyl groups excluding tert-OH is 1. The SMILES string of the molecule is O=C(NCCO)[C@H](c1ccccc1)N(Cc1ccccc1)C(=O)CCc1ccc(S(=O)(=O)NC2CC2)cc1. The fourth-order valence-corrected chi connectivity index (χ4v) is 5.51. The van der Waals surface area contributed by atoms with Gasteiger partial charge in [0.15, 0.2) is 0 Å². The van der Waals surface area contributed by atoms with Gasteiger partial charge in [0, 0.05) is 25.6 Å². The number of sulfonamides is 1. The number of carbonyl (C=O) groups is 2. The van der Waals surface area contributed by atoms with E-state index in [1.165, 1.54) is 0 Å². The molecule has 4 rings (SSSR count). The van der Waals surface area contributed by atoms with Crippen molar-refractivity contribution in [3.05, 3.63) is 102 Å². The average molecular weight is 536 g/mol. The Labute approximate surface area is 223 Å². The molecule has 3 N–H and O–H groups in total. The van der Waals surface area contributed by atoms with Crippen molar-refractivity contribution in [3.8, 4) is 0 Å². The molecule has 3 aromatic carbocycles. The summed E-state index contributed by atoms with van der Waals surface area (Å²) in [6.07, 6.45) is 2.25. The fraction of sp³-hybridized carbons (Fsp3) is 0.310. The Morgan fingerprint density at radius 1 is 0.895 bits per heavy atom. The molecule has 1 saturated carbocycles. The first-order chi connectivity index (χ1) is 18.4. The van der Waals surface area contributed by atoms with Gasteiger partial charge in [-0.2, -0.15) is 0 Å². The van der Waals surface area contributed by atoms with Gasteiger partial charge < -0.3 is 15.3 Å². The van der Waals surface area contributed by atoms with Gasteiger partial charge in [-0.05, 0) is 48.1 Å². The number of nitrogens with zero attached hydrogens (tertiary/aromatic N) is 1. The summed E-state index contributed by atoms with van der Waals surface area (Å²) >= 11 is 0. The predicted molar refractivity (Wildman–Crippen MR) is 144 cm³/mol. The van der Waals surface area contributed by atoms with Crippen LogP contribution in [-0.4, -0.2) is 49.4 Å². The lowest BCUT2D eigenvalue weighted by Crippen LogP contribution is -2.44. The molecule has 38 heavy (non-hydrogen) atoms. The summed E-state index contributed by atoms with van der Waals surface area (Å²) in [4.78, 5) is 28.7. The third-order valence-corrected chi connectivity index (χ3v) is 7.90. The molecule has 200 valence electrons. The summed E-state index contributed by atoms with van der Waals surface area (Å²) in [7, 11) is -3.54. The Balaban J connectivity index is 1.53. The van der Waals surface area contributed by atoms with Gasteiger partial charge in [0.25, 0.3) is 0 Å². The molecule has 1 atom stereocenters. The van der Waals surface area contributed by atoms with E-state index in [2.05, 4.69) is 10.0 Å². The van der Waals surface area contributed by atoms with Crippen LogP contribution in [0.3, 0.4) is 0 Å². The summed E-state index contributed by atoms with van der Waals surface area (Å²) in [5, 5.41) is 12.0. The molecule has 0 aromatic heterocycles. The zero-order chi connectivity index (χ0) is 27.0. The molecular formula is C29H33N3O5S. The topological polar surface area (TPSA) is 116 Å². The maximum atomic E-state index is 13.7. The molecule has 3 aromatic rings. The molecule has 8 nitrogen and oxygen atoms in total. The molecule has 0 heterocycles. The van der Waals surface area contributed by atoms with Crippen molar-refractivity contribution in [1.29, 1.82) is 0 Å². The standard InChI is InChI=1S/C29H33N3O5S/c33-20-19-30-29(35)28(24-9-5-2-6-10-24)32(21-23-7-3-1-4-8-23)27(34)18-13-22-11-16-26(17-12-22)38(36,37)31-25-14-15-25/h1-12,16-17,25,28,31,33H,13-15,18-21H2,(H,30,35)/t28-/m0/s1. The van der Waals surface area contributed by atoms with E-state index in [4.69, 9.17) is 0 Å². The Bertz CT molecular complexity index is 1310. The van der Waals surface area contributed by atoms with Gasteiger partial charge in [-0.1, -0.05) is 72.8 Å². The van der Waals surface area contributed by atoms with E-state index in [1.807, 2.05) is 60.7 Å². The maximum Gasteiger partial charge on any atom is 0.247 e. The van der Waals surface area contributed by atoms with Crippen LogP contribution in [0.5, 0.6) is 0 Å². The number of amides is 2. The molecule has 2 amide bonds. The van der Waals surface area contributed by atoms with E-state index in [-0.39, 0.29) is 48.9 Å². The van der Waals surface area contributed by atoms with Crippen LogP contribution in [0.15, 0.2) is 89.8 Å². The Kier molecular flexibility index (Phi) is 9.28. The van der Waals surface area contributed by atoms with Crippen LogP contribution in [0.4, 0.5) is 0 Å². The van der Waals surface area contributed by atoms with Crippen LogP contribution in [0.2, 0.25) is 0 Å². The second-order valence-corrected chi connectivity index (χ2v) is 11.1. The van der Waals surface area contributed by atoms with Crippen LogP contribution < -0.4 is 10.0 Å².